The zero-order valence-corrected chi connectivity index (χ0v) is 14.2. The maximum Gasteiger partial charge on any atom is 0.203 e. The predicted octanol–water partition coefficient (Wildman–Crippen LogP) is 4.07. The highest BCUT2D eigenvalue weighted by Gasteiger charge is 2.10. The van der Waals surface area contributed by atoms with Gasteiger partial charge >= 0.3 is 0 Å². The van der Waals surface area contributed by atoms with Gasteiger partial charge in [0.15, 0.2) is 11.6 Å². The molecule has 134 valence electrons. The average molecular weight is 358 g/mol. The van der Waals surface area contributed by atoms with Crippen LogP contribution in [0.25, 0.3) is 6.08 Å². The van der Waals surface area contributed by atoms with E-state index in [0.29, 0.717) is 17.2 Å². The molecule has 0 saturated heterocycles. The molecule has 0 fully saturated rings. The summed E-state index contributed by atoms with van der Waals surface area (Å²) in [5.74, 6) is -0.827. The Hall–Kier alpha value is -3.22. The van der Waals surface area contributed by atoms with Gasteiger partial charge in [-0.2, -0.15) is 5.10 Å². The number of furan rings is 1. The van der Waals surface area contributed by atoms with E-state index in [0.717, 1.165) is 17.8 Å². The van der Waals surface area contributed by atoms with E-state index in [9.17, 15) is 13.6 Å². The summed E-state index contributed by atoms with van der Waals surface area (Å²) in [5.41, 5.74) is 1.23. The molecule has 0 saturated carbocycles. The molecule has 0 aliphatic rings. The largest absolute Gasteiger partial charge is 0.483 e. The molecule has 0 N–H and O–H groups in total. The van der Waals surface area contributed by atoms with Crippen molar-refractivity contribution in [1.29, 1.82) is 0 Å². The fraction of sp³-hybridized carbons (Fsp3) is 0.158. The van der Waals surface area contributed by atoms with E-state index in [1.165, 1.54) is 22.9 Å². The Balaban J connectivity index is 1.62. The molecule has 0 bridgehead atoms. The lowest BCUT2D eigenvalue weighted by Crippen LogP contribution is -2.03. The molecule has 0 aliphatic carbocycles. The second kappa shape index (κ2) is 7.35. The van der Waals surface area contributed by atoms with Crippen LogP contribution in [-0.2, 0) is 13.7 Å². The summed E-state index contributed by atoms with van der Waals surface area (Å²) >= 11 is 0. The van der Waals surface area contributed by atoms with Crippen molar-refractivity contribution >= 4 is 11.9 Å². The summed E-state index contributed by atoms with van der Waals surface area (Å²) in [4.78, 5) is 12.1. The van der Waals surface area contributed by atoms with Crippen LogP contribution < -0.4 is 4.74 Å². The van der Waals surface area contributed by atoms with Gasteiger partial charge in [0.05, 0.1) is 5.69 Å². The van der Waals surface area contributed by atoms with E-state index in [4.69, 9.17) is 9.15 Å². The van der Waals surface area contributed by atoms with Gasteiger partial charge in [0.2, 0.25) is 5.78 Å². The lowest BCUT2D eigenvalue weighted by Gasteiger charge is -2.05. The highest BCUT2D eigenvalue weighted by molar-refractivity contribution is 6.05. The fourth-order valence-electron chi connectivity index (χ4n) is 2.39. The zero-order chi connectivity index (χ0) is 18.7. The quantitative estimate of drug-likeness (QED) is 0.492. The van der Waals surface area contributed by atoms with Crippen molar-refractivity contribution in [3.05, 3.63) is 77.0 Å². The number of carbonyl (C=O) groups excluding carboxylic acids is 1. The molecule has 0 unspecified atom stereocenters. The molecule has 0 aliphatic heterocycles. The number of aromatic nitrogens is 2. The van der Waals surface area contributed by atoms with Crippen LogP contribution in [-0.4, -0.2) is 15.6 Å². The van der Waals surface area contributed by atoms with E-state index in [1.807, 2.05) is 6.92 Å². The number of carbonyl (C=O) groups is 1. The summed E-state index contributed by atoms with van der Waals surface area (Å²) in [7, 11) is 1.70. The zero-order valence-electron chi connectivity index (χ0n) is 14.2. The minimum Gasteiger partial charge on any atom is -0.483 e. The van der Waals surface area contributed by atoms with Crippen LogP contribution >= 0.6 is 0 Å². The standard InChI is InChI=1S/C19H16F2N2O3/c1-12-9-17(23(2)22-12)18(24)7-6-14-4-5-15(26-14)11-25-19-8-3-13(20)10-16(19)21/h3-10H,11H2,1-2H3/b7-6-. The van der Waals surface area contributed by atoms with Crippen molar-refractivity contribution in [2.75, 3.05) is 0 Å². The lowest BCUT2D eigenvalue weighted by molar-refractivity contribution is 0.103. The van der Waals surface area contributed by atoms with Crippen molar-refractivity contribution in [3.63, 3.8) is 0 Å². The van der Waals surface area contributed by atoms with Gasteiger partial charge in [-0.25, -0.2) is 8.78 Å². The van der Waals surface area contributed by atoms with Gasteiger partial charge in [-0.3, -0.25) is 9.48 Å². The van der Waals surface area contributed by atoms with Crippen molar-refractivity contribution in [2.24, 2.45) is 7.05 Å². The molecule has 0 radical (unpaired) electrons. The Morgan fingerprint density at radius 2 is 2.08 bits per heavy atom. The fourth-order valence-corrected chi connectivity index (χ4v) is 2.39. The number of ketones is 1. The third kappa shape index (κ3) is 4.05. The molecule has 2 aromatic heterocycles. The van der Waals surface area contributed by atoms with Crippen LogP contribution in [0.15, 0.2) is 46.9 Å². The number of benzene rings is 1. The number of aryl methyl sites for hydroxylation is 2. The molecule has 1 aromatic carbocycles. The van der Waals surface area contributed by atoms with Gasteiger partial charge < -0.3 is 9.15 Å². The SMILES string of the molecule is Cc1cc(C(=O)/C=C\c2ccc(COc3ccc(F)cc3F)o2)n(C)n1. The molecule has 5 nitrogen and oxygen atoms in total. The minimum absolute atomic E-state index is 0.0226. The first-order valence-electron chi connectivity index (χ1n) is 7.82. The Bertz CT molecular complexity index is 973. The normalized spacial score (nSPS) is 11.2. The number of allylic oxidation sites excluding steroid dienone is 1. The van der Waals surface area contributed by atoms with Crippen LogP contribution in [0.4, 0.5) is 8.78 Å². The smallest absolute Gasteiger partial charge is 0.203 e. The first-order chi connectivity index (χ1) is 12.4. The van der Waals surface area contributed by atoms with Gasteiger partial charge in [0.1, 0.15) is 29.6 Å². The number of hydrogen-bond acceptors (Lipinski definition) is 4. The molecular weight excluding hydrogens is 342 g/mol. The van der Waals surface area contributed by atoms with Crippen LogP contribution in [0.2, 0.25) is 0 Å². The maximum atomic E-state index is 13.5. The summed E-state index contributed by atoms with van der Waals surface area (Å²) in [5, 5.41) is 4.12. The number of hydrogen-bond donors (Lipinski definition) is 0. The third-order valence-electron chi connectivity index (χ3n) is 3.60. The first-order valence-corrected chi connectivity index (χ1v) is 7.82. The first kappa shape index (κ1) is 17.6. The monoisotopic (exact) mass is 358 g/mol. The van der Waals surface area contributed by atoms with Crippen molar-refractivity contribution < 1.29 is 22.7 Å². The highest BCUT2D eigenvalue weighted by atomic mass is 19.1. The van der Waals surface area contributed by atoms with Gasteiger partial charge in [-0.1, -0.05) is 0 Å². The molecule has 0 atom stereocenters. The minimum atomic E-state index is -0.784. The Morgan fingerprint density at radius 3 is 2.77 bits per heavy atom. The van der Waals surface area contributed by atoms with E-state index < -0.39 is 11.6 Å². The van der Waals surface area contributed by atoms with Gasteiger partial charge in [0, 0.05) is 13.1 Å². The average Bonchev–Trinajstić information content (AvgIpc) is 3.18. The van der Waals surface area contributed by atoms with E-state index in [-0.39, 0.29) is 18.1 Å². The van der Waals surface area contributed by atoms with Crippen molar-refractivity contribution in [2.45, 2.75) is 13.5 Å². The van der Waals surface area contributed by atoms with E-state index in [2.05, 4.69) is 5.10 Å². The highest BCUT2D eigenvalue weighted by Crippen LogP contribution is 2.20. The molecule has 2 heterocycles. The summed E-state index contributed by atoms with van der Waals surface area (Å²) < 4.78 is 38.7. The second-order valence-electron chi connectivity index (χ2n) is 5.66. The van der Waals surface area contributed by atoms with Gasteiger partial charge in [0.25, 0.3) is 0 Å². The van der Waals surface area contributed by atoms with Crippen LogP contribution in [0.5, 0.6) is 5.75 Å². The molecule has 3 rings (SSSR count). The predicted molar refractivity (Wildman–Crippen MR) is 90.7 cm³/mol. The lowest BCUT2D eigenvalue weighted by atomic mass is 10.2. The van der Waals surface area contributed by atoms with E-state index >= 15 is 0 Å². The third-order valence-corrected chi connectivity index (χ3v) is 3.60. The number of nitrogens with zero attached hydrogens (tertiary/aromatic N) is 2. The summed E-state index contributed by atoms with van der Waals surface area (Å²) in [6.07, 6.45) is 2.92. The van der Waals surface area contributed by atoms with Crippen LogP contribution in [0, 0.1) is 18.6 Å². The van der Waals surface area contributed by atoms with Gasteiger partial charge in [-0.05, 0) is 49.4 Å². The Kier molecular flexibility index (Phi) is 4.97. The Morgan fingerprint density at radius 1 is 1.27 bits per heavy atom. The summed E-state index contributed by atoms with van der Waals surface area (Å²) in [6, 6.07) is 8.09. The molecular formula is C19H16F2N2O3. The van der Waals surface area contributed by atoms with Gasteiger partial charge in [-0.15, -0.1) is 0 Å². The molecule has 0 spiro atoms. The number of halogens is 2. The van der Waals surface area contributed by atoms with Crippen LogP contribution in [0.1, 0.15) is 27.7 Å². The molecule has 0 amide bonds. The second-order valence-corrected chi connectivity index (χ2v) is 5.66. The van der Waals surface area contributed by atoms with Crippen LogP contribution in [0.3, 0.4) is 0 Å². The topological polar surface area (TPSA) is 57.3 Å². The Labute approximate surface area is 148 Å². The number of rotatable bonds is 6. The molecule has 7 heteroatoms. The summed E-state index contributed by atoms with van der Waals surface area (Å²) in [6.45, 7) is 1.79. The van der Waals surface area contributed by atoms with E-state index in [1.54, 1.807) is 25.2 Å². The van der Waals surface area contributed by atoms with Crippen molar-refractivity contribution in [1.82, 2.24) is 9.78 Å². The van der Waals surface area contributed by atoms with Crippen molar-refractivity contribution in [3.8, 4) is 5.75 Å². The molecule has 26 heavy (non-hydrogen) atoms. The number of ether oxygens (including phenoxy) is 1. The molecule has 3 aromatic rings. The maximum absolute atomic E-state index is 13.5.